The molecule has 2 aliphatic heterocycles. The molecule has 10 N–H and O–H groups in total. The molecule has 16 nitrogen and oxygen atoms in total. The third kappa shape index (κ3) is 6.03. The van der Waals surface area contributed by atoms with Gasteiger partial charge in [0.25, 0.3) is 0 Å². The van der Waals surface area contributed by atoms with E-state index >= 15 is 0 Å². The van der Waals surface area contributed by atoms with E-state index in [1.54, 1.807) is 0 Å². The van der Waals surface area contributed by atoms with Crippen LogP contribution in [0.2, 0.25) is 0 Å². The van der Waals surface area contributed by atoms with Crippen molar-refractivity contribution in [2.75, 3.05) is 48.6 Å². The van der Waals surface area contributed by atoms with Crippen LogP contribution in [-0.2, 0) is 39.3 Å². The summed E-state index contributed by atoms with van der Waals surface area (Å²) in [7, 11) is 2.93. The van der Waals surface area contributed by atoms with Crippen molar-refractivity contribution < 1.29 is 40.1 Å². The van der Waals surface area contributed by atoms with Crippen LogP contribution < -0.4 is 52.5 Å². The van der Waals surface area contributed by atoms with Crippen LogP contribution in [0.4, 0.5) is 22.7 Å². The molecular formula is C60H52N4O12. The summed E-state index contributed by atoms with van der Waals surface area (Å²) >= 11 is 0. The second-order valence-corrected chi connectivity index (χ2v) is 21.0. The molecular weight excluding hydrogens is 969 g/mol. The Bertz CT molecular complexity index is 4610. The number of ether oxygens (including phenoxy) is 2. The maximum absolute atomic E-state index is 13.7. The van der Waals surface area contributed by atoms with Crippen molar-refractivity contribution in [3.05, 3.63) is 121 Å². The minimum Gasteiger partial charge on any atom is -0.504 e. The number of aromatic hydroxyl groups is 2. The van der Waals surface area contributed by atoms with E-state index in [-0.39, 0.29) is 56.7 Å². The number of benzene rings is 10. The Kier molecular flexibility index (Phi) is 10.4. The van der Waals surface area contributed by atoms with Crippen LogP contribution in [0.5, 0.6) is 23.0 Å². The van der Waals surface area contributed by atoms with Crippen LogP contribution in [0.3, 0.4) is 0 Å². The van der Waals surface area contributed by atoms with Gasteiger partial charge in [-0.25, -0.2) is 0 Å². The van der Waals surface area contributed by atoms with Gasteiger partial charge in [0.05, 0.1) is 84.9 Å². The summed E-state index contributed by atoms with van der Waals surface area (Å²) in [6.07, 6.45) is 5.07. The summed E-state index contributed by atoms with van der Waals surface area (Å²) in [4.78, 5) is 54.3. The lowest BCUT2D eigenvalue weighted by atomic mass is 9.81. The highest BCUT2D eigenvalue weighted by Gasteiger charge is 2.36. The van der Waals surface area contributed by atoms with E-state index in [0.717, 1.165) is 55.2 Å². The number of allylic oxidation sites excluding steroid dienone is 2. The molecule has 0 spiro atoms. The summed E-state index contributed by atoms with van der Waals surface area (Å²) in [6, 6.07) is 5.71. The van der Waals surface area contributed by atoms with Crippen molar-refractivity contribution >= 4 is 121 Å². The lowest BCUT2D eigenvalue weighted by Gasteiger charge is -2.31. The maximum atomic E-state index is 13.7. The van der Waals surface area contributed by atoms with Crippen LogP contribution in [0.15, 0.2) is 54.6 Å². The molecule has 0 bridgehead atoms. The first-order valence-electron chi connectivity index (χ1n) is 25.3. The van der Waals surface area contributed by atoms with Crippen molar-refractivity contribution in [2.24, 2.45) is 0 Å². The molecule has 0 aromatic heterocycles. The van der Waals surface area contributed by atoms with Gasteiger partial charge in [0.1, 0.15) is 0 Å². The molecule has 0 saturated heterocycles. The van der Waals surface area contributed by atoms with E-state index in [9.17, 15) is 49.8 Å². The van der Waals surface area contributed by atoms with E-state index in [2.05, 4.69) is 40.3 Å². The number of methoxy groups -OCH3 is 2. The van der Waals surface area contributed by atoms with Gasteiger partial charge in [0.2, 0.25) is 0 Å². The Morgan fingerprint density at radius 3 is 1.18 bits per heavy atom. The summed E-state index contributed by atoms with van der Waals surface area (Å²) < 4.78 is 11.4. The number of rotatable bonds is 6. The number of aliphatic hydroxyl groups excluding tert-OH is 4. The van der Waals surface area contributed by atoms with Crippen LogP contribution in [-0.4, -0.2) is 70.0 Å². The highest BCUT2D eigenvalue weighted by molar-refractivity contribution is 6.41. The van der Waals surface area contributed by atoms with Gasteiger partial charge in [-0.2, -0.15) is 0 Å². The Hall–Kier alpha value is -8.28. The Balaban J connectivity index is 0.000000146. The average molecular weight is 1020 g/mol. The molecule has 384 valence electrons. The van der Waals surface area contributed by atoms with Crippen molar-refractivity contribution in [2.45, 2.75) is 79.0 Å². The predicted octanol–water partition coefficient (Wildman–Crippen LogP) is 7.56. The fourth-order valence-corrected chi connectivity index (χ4v) is 13.6. The number of nitrogens with one attached hydrogen (secondary N) is 4. The molecule has 2 aliphatic carbocycles. The lowest BCUT2D eigenvalue weighted by molar-refractivity contribution is 0.282. The minimum absolute atomic E-state index is 0.0715. The zero-order valence-electron chi connectivity index (χ0n) is 42.4. The van der Waals surface area contributed by atoms with Gasteiger partial charge < -0.3 is 61.4 Å². The number of anilines is 4. The third-order valence-electron chi connectivity index (χ3n) is 16.4. The third-order valence-corrected chi connectivity index (χ3v) is 16.4. The maximum Gasteiger partial charge on any atom is 0.190 e. The minimum atomic E-state index is -0.432. The highest BCUT2D eigenvalue weighted by Crippen LogP contribution is 2.57. The summed E-state index contributed by atoms with van der Waals surface area (Å²) in [6.45, 7) is 7.73. The fraction of sp³-hybridized carbons (Fsp3) is 0.267. The molecule has 14 rings (SSSR count). The van der Waals surface area contributed by atoms with E-state index < -0.39 is 37.3 Å². The van der Waals surface area contributed by atoms with Crippen molar-refractivity contribution in [1.82, 2.24) is 0 Å². The van der Waals surface area contributed by atoms with E-state index in [1.165, 1.54) is 38.5 Å². The average Bonchev–Trinajstić information content (AvgIpc) is 3.53. The number of phenolic OH excluding ortho intramolecular Hbond substituents is 2. The summed E-state index contributed by atoms with van der Waals surface area (Å²) in [5.74, 6) is -0.0410. The van der Waals surface area contributed by atoms with Gasteiger partial charge in [0.15, 0.2) is 44.7 Å². The van der Waals surface area contributed by atoms with Crippen LogP contribution in [0.25, 0.3) is 98.3 Å². The molecule has 0 amide bonds. The standard InChI is InChI=1S/2C30H26N2O6/c1-11-4-15-21-22-16(5-11)30(38-3)29(37)24-18(36)7-14(10-34)20(26(22)24)19-13(9-33)6-17(35)23(25(19)21)28-27(15)32-12(2)8-31-28;1-11-4-15-21-22-16(5-11)30(38-3)29(37)24-18(36)7-14(10-34)20(26(22)24)19-13(9-33)6-17(35)23(25(19)21)28-27(15)31-8-12(2)32-28/h2*4,6-7,12,31-34,37H,5,8-10H2,1-3H3. The molecule has 2 unspecified atom stereocenters. The first-order valence-corrected chi connectivity index (χ1v) is 25.3. The van der Waals surface area contributed by atoms with Crippen molar-refractivity contribution in [3.63, 3.8) is 0 Å². The van der Waals surface area contributed by atoms with Gasteiger partial charge in [-0.15, -0.1) is 0 Å². The highest BCUT2D eigenvalue weighted by atomic mass is 16.5. The van der Waals surface area contributed by atoms with Gasteiger partial charge in [-0.1, -0.05) is 23.3 Å². The molecule has 16 heteroatoms. The van der Waals surface area contributed by atoms with Crippen LogP contribution in [0, 0.1) is 0 Å². The monoisotopic (exact) mass is 1020 g/mol. The molecule has 2 atom stereocenters. The first kappa shape index (κ1) is 47.4. The Morgan fingerprint density at radius 1 is 0.447 bits per heavy atom. The smallest absolute Gasteiger partial charge is 0.190 e. The largest absolute Gasteiger partial charge is 0.504 e. The molecule has 10 aromatic rings. The van der Waals surface area contributed by atoms with Gasteiger partial charge in [-0.3, -0.25) is 19.2 Å². The Labute approximate surface area is 431 Å². The lowest BCUT2D eigenvalue weighted by Crippen LogP contribution is -2.31. The normalized spacial score (nSPS) is 16.7. The number of fused-ring (bicyclic) bond motifs is 8. The number of hydrogen-bond donors (Lipinski definition) is 10. The number of aliphatic hydroxyl groups is 4. The second kappa shape index (κ2) is 16.6. The summed E-state index contributed by atoms with van der Waals surface area (Å²) in [5, 5.41) is 87.4. The topological polar surface area (TPSA) is 256 Å². The van der Waals surface area contributed by atoms with Crippen LogP contribution >= 0.6 is 0 Å². The SMILES string of the molecule is COc1c(O)c2c(=O)cc(CO)c3c4c(CO)cc(=O)c5c6c(c7c(c(c1CC(C)=C7)c23)c54)NC(C)CN6.COc1c(O)c2c(=O)cc(CO)c3c4c(CO)cc(=O)c5c6c(c7c(c(c1CC(C)=C7)c23)c54)NCC(C)N6. The Morgan fingerprint density at radius 2 is 0.789 bits per heavy atom. The molecule has 0 radical (unpaired) electrons. The quantitative estimate of drug-likeness (QED) is 0.0570. The summed E-state index contributed by atoms with van der Waals surface area (Å²) in [5.41, 5.74) is 8.48. The van der Waals surface area contributed by atoms with Crippen molar-refractivity contribution in [1.29, 1.82) is 0 Å². The first-order chi connectivity index (χ1) is 36.6. The molecule has 2 heterocycles. The van der Waals surface area contributed by atoms with Crippen molar-refractivity contribution in [3.8, 4) is 23.0 Å². The number of hydrogen-bond acceptors (Lipinski definition) is 16. The van der Waals surface area contributed by atoms with E-state index in [0.29, 0.717) is 125 Å². The van der Waals surface area contributed by atoms with Crippen LogP contribution in [0.1, 0.15) is 72.2 Å². The van der Waals surface area contributed by atoms with Gasteiger partial charge in [-0.05, 0) is 119 Å². The molecule has 76 heavy (non-hydrogen) atoms. The van der Waals surface area contributed by atoms with E-state index in [1.807, 2.05) is 20.8 Å². The molecule has 0 fully saturated rings. The predicted molar refractivity (Wildman–Crippen MR) is 301 cm³/mol. The molecule has 4 aliphatic rings. The molecule has 10 aromatic carbocycles. The number of phenols is 2. The second-order valence-electron chi connectivity index (χ2n) is 21.0. The van der Waals surface area contributed by atoms with Gasteiger partial charge in [0, 0.05) is 79.7 Å². The zero-order valence-corrected chi connectivity index (χ0v) is 42.4. The fourth-order valence-electron chi connectivity index (χ4n) is 13.6. The van der Waals surface area contributed by atoms with Gasteiger partial charge >= 0.3 is 0 Å². The molecule has 0 saturated carbocycles. The van der Waals surface area contributed by atoms with E-state index in [4.69, 9.17) is 9.47 Å². The zero-order chi connectivity index (χ0) is 53.2.